The zero-order valence-corrected chi connectivity index (χ0v) is 16.7. The molecule has 0 aromatic heterocycles. The normalized spacial score (nSPS) is 24.3. The fourth-order valence-corrected chi connectivity index (χ4v) is 3.26. The zero-order valence-electron chi connectivity index (χ0n) is 16.7. The minimum atomic E-state index is -4.41. The molecule has 31 heavy (non-hydrogen) atoms. The summed E-state index contributed by atoms with van der Waals surface area (Å²) in [5.74, 6) is -10.1. The van der Waals surface area contributed by atoms with E-state index < -0.39 is 46.5 Å². The van der Waals surface area contributed by atoms with Crippen LogP contribution in [0.3, 0.4) is 0 Å². The summed E-state index contributed by atoms with van der Waals surface area (Å²) in [5, 5.41) is 10.1. The molecule has 4 nitrogen and oxygen atoms in total. The van der Waals surface area contributed by atoms with Gasteiger partial charge >= 0.3 is 12.1 Å². The summed E-state index contributed by atoms with van der Waals surface area (Å²) in [6, 6.07) is 3.45. The van der Waals surface area contributed by atoms with Crippen molar-refractivity contribution in [3.05, 3.63) is 53.6 Å². The topological polar surface area (TPSA) is 47.9 Å². The lowest BCUT2D eigenvalue weighted by Crippen LogP contribution is -2.61. The molecule has 1 fully saturated rings. The maximum Gasteiger partial charge on any atom is 0.484 e. The van der Waals surface area contributed by atoms with E-state index in [0.29, 0.717) is 24.6 Å². The molecule has 1 heterocycles. The molecule has 0 spiro atoms. The van der Waals surface area contributed by atoms with Crippen LogP contribution < -0.4 is 4.74 Å². The molecule has 10 heteroatoms. The van der Waals surface area contributed by atoms with E-state index in [1.54, 1.807) is 6.92 Å². The van der Waals surface area contributed by atoms with Crippen molar-refractivity contribution in [2.45, 2.75) is 38.8 Å². The van der Waals surface area contributed by atoms with Gasteiger partial charge in [-0.05, 0) is 36.2 Å². The fraction of sp³-hybridized carbons (Fsp3) is 0.429. The Morgan fingerprint density at radius 2 is 1.58 bits per heavy atom. The average Bonchev–Trinajstić information content (AvgIpc) is 2.68. The first kappa shape index (κ1) is 23.4. The van der Waals surface area contributed by atoms with Gasteiger partial charge in [-0.3, -0.25) is 0 Å². The highest BCUT2D eigenvalue weighted by Crippen LogP contribution is 2.41. The highest BCUT2D eigenvalue weighted by atomic mass is 19.3. The molecule has 0 bridgehead atoms. The van der Waals surface area contributed by atoms with Gasteiger partial charge in [0.15, 0.2) is 17.5 Å². The lowest BCUT2D eigenvalue weighted by atomic mass is 9.87. The Bertz CT molecular complexity index is 934. The second-order valence-corrected chi connectivity index (χ2v) is 7.73. The summed E-state index contributed by atoms with van der Waals surface area (Å²) in [4.78, 5) is 0. The van der Waals surface area contributed by atoms with Crippen molar-refractivity contribution < 1.29 is 45.7 Å². The van der Waals surface area contributed by atoms with Gasteiger partial charge in [-0.2, -0.15) is 8.78 Å². The summed E-state index contributed by atoms with van der Waals surface area (Å²) < 4.78 is 97.5. The molecule has 3 rings (SSSR count). The summed E-state index contributed by atoms with van der Waals surface area (Å²) in [6.07, 6.45) is -3.04. The highest BCUT2D eigenvalue weighted by Gasteiger charge is 2.62. The Hall–Kier alpha value is -2.30. The van der Waals surface area contributed by atoms with Crippen LogP contribution in [0.1, 0.15) is 26.7 Å². The van der Waals surface area contributed by atoms with E-state index in [-0.39, 0.29) is 24.3 Å². The van der Waals surface area contributed by atoms with Gasteiger partial charge in [-0.1, -0.05) is 20.3 Å². The van der Waals surface area contributed by atoms with E-state index in [4.69, 9.17) is 9.47 Å². The largest absolute Gasteiger partial charge is 0.484 e. The molecule has 1 aliphatic rings. The third kappa shape index (κ3) is 4.65. The van der Waals surface area contributed by atoms with E-state index in [2.05, 4.69) is 4.74 Å². The van der Waals surface area contributed by atoms with Crippen LogP contribution >= 0.6 is 0 Å². The molecule has 2 aromatic carbocycles. The van der Waals surface area contributed by atoms with E-state index in [0.717, 1.165) is 18.6 Å². The monoisotopic (exact) mass is 450 g/mol. The zero-order chi connectivity index (χ0) is 23.0. The number of alkyl halides is 2. The molecule has 1 N–H and O–H groups in total. The van der Waals surface area contributed by atoms with Crippen LogP contribution in [0, 0.1) is 28.7 Å². The number of ether oxygens (including phenoxy) is 3. The predicted molar refractivity (Wildman–Crippen MR) is 97.2 cm³/mol. The third-order valence-corrected chi connectivity index (χ3v) is 4.94. The average molecular weight is 450 g/mol. The van der Waals surface area contributed by atoms with Gasteiger partial charge in [0.2, 0.25) is 0 Å². The highest BCUT2D eigenvalue weighted by molar-refractivity contribution is 5.65. The standard InChI is InChI=1S/C21H20F6O4/c1-3-6-19(2)10-29-21(28,30-11-19)20(26,27)31-13-4-5-14(15(22)9-13)12-7-16(23)18(25)17(24)8-12/h4-5,7-9,28H,3,6,10-11H2,1-2H3. The summed E-state index contributed by atoms with van der Waals surface area (Å²) >= 11 is 0. The first-order valence-electron chi connectivity index (χ1n) is 9.41. The lowest BCUT2D eigenvalue weighted by molar-refractivity contribution is -0.504. The minimum Gasteiger partial charge on any atom is -0.426 e. The molecule has 2 aromatic rings. The Morgan fingerprint density at radius 1 is 1.00 bits per heavy atom. The predicted octanol–water partition coefficient (Wildman–Crippen LogP) is 5.38. The van der Waals surface area contributed by atoms with E-state index in [1.165, 1.54) is 0 Å². The molecule has 170 valence electrons. The number of benzene rings is 2. The van der Waals surface area contributed by atoms with Crippen LogP contribution in [0.25, 0.3) is 11.1 Å². The van der Waals surface area contributed by atoms with Crippen molar-refractivity contribution in [1.82, 2.24) is 0 Å². The summed E-state index contributed by atoms with van der Waals surface area (Å²) in [6.45, 7) is 3.22. The van der Waals surface area contributed by atoms with Crippen LogP contribution in [-0.2, 0) is 9.47 Å². The second-order valence-electron chi connectivity index (χ2n) is 7.73. The van der Waals surface area contributed by atoms with E-state index >= 15 is 0 Å². The molecular weight excluding hydrogens is 430 g/mol. The van der Waals surface area contributed by atoms with Crippen molar-refractivity contribution in [1.29, 1.82) is 0 Å². The van der Waals surface area contributed by atoms with Crippen molar-refractivity contribution in [2.24, 2.45) is 5.41 Å². The molecule has 1 saturated heterocycles. The molecule has 0 atom stereocenters. The van der Waals surface area contributed by atoms with Crippen LogP contribution in [0.5, 0.6) is 5.75 Å². The minimum absolute atomic E-state index is 0.217. The fourth-order valence-electron chi connectivity index (χ4n) is 3.26. The van der Waals surface area contributed by atoms with E-state index in [9.17, 15) is 31.4 Å². The third-order valence-electron chi connectivity index (χ3n) is 4.94. The lowest BCUT2D eigenvalue weighted by Gasteiger charge is -2.43. The Balaban J connectivity index is 1.79. The molecular formula is C21H20F6O4. The number of rotatable bonds is 6. The van der Waals surface area contributed by atoms with Gasteiger partial charge < -0.3 is 19.3 Å². The second kappa shape index (κ2) is 8.33. The van der Waals surface area contributed by atoms with Crippen LogP contribution in [0.2, 0.25) is 0 Å². The Kier molecular flexibility index (Phi) is 6.28. The van der Waals surface area contributed by atoms with Gasteiger partial charge in [0.05, 0.1) is 13.2 Å². The molecule has 0 amide bonds. The maximum absolute atomic E-state index is 14.5. The van der Waals surface area contributed by atoms with Gasteiger partial charge in [0.25, 0.3) is 0 Å². The quantitative estimate of drug-likeness (QED) is 0.474. The van der Waals surface area contributed by atoms with Crippen molar-refractivity contribution >= 4 is 0 Å². The van der Waals surface area contributed by atoms with Crippen molar-refractivity contribution in [3.8, 4) is 16.9 Å². The molecule has 0 radical (unpaired) electrons. The van der Waals surface area contributed by atoms with Crippen LogP contribution in [-0.4, -0.2) is 30.4 Å². The number of halogens is 6. The van der Waals surface area contributed by atoms with Gasteiger partial charge in [-0.25, -0.2) is 17.6 Å². The smallest absolute Gasteiger partial charge is 0.426 e. The Labute approximate surface area is 174 Å². The summed E-state index contributed by atoms with van der Waals surface area (Å²) in [7, 11) is 0. The first-order chi connectivity index (χ1) is 14.4. The number of hydrogen-bond donors (Lipinski definition) is 1. The molecule has 0 aliphatic carbocycles. The Morgan fingerprint density at radius 3 is 2.10 bits per heavy atom. The summed E-state index contributed by atoms with van der Waals surface area (Å²) in [5.41, 5.74) is -1.29. The molecule has 0 saturated carbocycles. The van der Waals surface area contributed by atoms with Gasteiger partial charge in [0.1, 0.15) is 11.6 Å². The van der Waals surface area contributed by atoms with Crippen LogP contribution in [0.15, 0.2) is 30.3 Å². The number of hydrogen-bond acceptors (Lipinski definition) is 4. The molecule has 0 unspecified atom stereocenters. The number of aliphatic hydroxyl groups is 1. The van der Waals surface area contributed by atoms with Crippen molar-refractivity contribution in [2.75, 3.05) is 13.2 Å². The van der Waals surface area contributed by atoms with E-state index in [1.807, 2.05) is 6.92 Å². The van der Waals surface area contributed by atoms with Gasteiger partial charge in [-0.15, -0.1) is 0 Å². The van der Waals surface area contributed by atoms with Crippen LogP contribution in [0.4, 0.5) is 26.3 Å². The van der Waals surface area contributed by atoms with Crippen molar-refractivity contribution in [3.63, 3.8) is 0 Å². The SMILES string of the molecule is CCCC1(C)COC(O)(C(F)(F)Oc2ccc(-c3cc(F)c(F)c(F)c3)c(F)c2)OC1. The maximum atomic E-state index is 14.5. The van der Waals surface area contributed by atoms with Gasteiger partial charge in [0, 0.05) is 17.0 Å². The molecule has 1 aliphatic heterocycles. The first-order valence-corrected chi connectivity index (χ1v) is 9.41.